The fourth-order valence-corrected chi connectivity index (χ4v) is 2.17. The van der Waals surface area contributed by atoms with Gasteiger partial charge in [-0.3, -0.25) is 9.78 Å². The zero-order valence-corrected chi connectivity index (χ0v) is 11.3. The van der Waals surface area contributed by atoms with Crippen LogP contribution in [0.4, 0.5) is 0 Å². The summed E-state index contributed by atoms with van der Waals surface area (Å²) < 4.78 is 0. The number of pyridine rings is 1. The second kappa shape index (κ2) is 5.85. The fourth-order valence-electron chi connectivity index (χ4n) is 1.95. The normalized spacial score (nSPS) is 12.1. The highest BCUT2D eigenvalue weighted by atomic mass is 35.5. The molecule has 2 aromatic rings. The maximum atomic E-state index is 11.4. The molecule has 0 spiro atoms. The molecule has 0 aliphatic carbocycles. The zero-order chi connectivity index (χ0) is 13.8. The van der Waals surface area contributed by atoms with Crippen molar-refractivity contribution in [3.63, 3.8) is 0 Å². The lowest BCUT2D eigenvalue weighted by Crippen LogP contribution is -2.16. The molecule has 0 amide bonds. The van der Waals surface area contributed by atoms with E-state index in [0.29, 0.717) is 17.1 Å². The Kier molecular flexibility index (Phi) is 4.17. The Bertz CT molecular complexity index is 598. The van der Waals surface area contributed by atoms with Crippen LogP contribution in [-0.4, -0.2) is 16.1 Å². The van der Waals surface area contributed by atoms with Crippen molar-refractivity contribution in [1.82, 2.24) is 4.98 Å². The molecule has 3 nitrogen and oxygen atoms in total. The van der Waals surface area contributed by atoms with Gasteiger partial charge in [-0.05, 0) is 42.7 Å². The molecule has 19 heavy (non-hydrogen) atoms. The summed E-state index contributed by atoms with van der Waals surface area (Å²) >= 11 is 6.08. The van der Waals surface area contributed by atoms with E-state index in [1.54, 1.807) is 18.3 Å². The number of rotatable bonds is 4. The van der Waals surface area contributed by atoms with Gasteiger partial charge in [0.25, 0.3) is 0 Å². The average Bonchev–Trinajstić information content (AvgIpc) is 2.37. The van der Waals surface area contributed by atoms with Crippen molar-refractivity contribution in [2.24, 2.45) is 0 Å². The van der Waals surface area contributed by atoms with Gasteiger partial charge in [-0.2, -0.15) is 0 Å². The minimum absolute atomic E-state index is 0.339. The van der Waals surface area contributed by atoms with E-state index in [1.165, 1.54) is 0 Å². The smallest absolute Gasteiger partial charge is 0.312 e. The summed E-state index contributed by atoms with van der Waals surface area (Å²) in [5.74, 6) is -1.57. The van der Waals surface area contributed by atoms with Crippen molar-refractivity contribution in [2.75, 3.05) is 0 Å². The SMILES string of the molecule is Cc1ccnc(C(Cc2ccccc2Cl)C(=O)O)c1. The van der Waals surface area contributed by atoms with Gasteiger partial charge < -0.3 is 5.11 Å². The molecule has 4 heteroatoms. The van der Waals surface area contributed by atoms with Crippen LogP contribution in [0.2, 0.25) is 5.02 Å². The minimum atomic E-state index is -0.891. The van der Waals surface area contributed by atoms with E-state index >= 15 is 0 Å². The summed E-state index contributed by atoms with van der Waals surface area (Å²) in [5.41, 5.74) is 2.38. The van der Waals surface area contributed by atoms with Gasteiger partial charge in [-0.15, -0.1) is 0 Å². The van der Waals surface area contributed by atoms with Gasteiger partial charge in [0.2, 0.25) is 0 Å². The summed E-state index contributed by atoms with van der Waals surface area (Å²) in [6.07, 6.45) is 1.97. The highest BCUT2D eigenvalue weighted by Crippen LogP contribution is 2.24. The molecular weight excluding hydrogens is 262 g/mol. The van der Waals surface area contributed by atoms with Crippen molar-refractivity contribution in [3.05, 3.63) is 64.4 Å². The highest BCUT2D eigenvalue weighted by molar-refractivity contribution is 6.31. The van der Waals surface area contributed by atoms with E-state index in [4.69, 9.17) is 11.6 Å². The number of nitrogens with zero attached hydrogens (tertiary/aromatic N) is 1. The maximum Gasteiger partial charge on any atom is 0.312 e. The van der Waals surface area contributed by atoms with Crippen molar-refractivity contribution in [3.8, 4) is 0 Å². The number of aryl methyl sites for hydroxylation is 1. The molecule has 0 radical (unpaired) electrons. The first-order valence-corrected chi connectivity index (χ1v) is 6.34. The maximum absolute atomic E-state index is 11.4. The van der Waals surface area contributed by atoms with Crippen LogP contribution in [0.3, 0.4) is 0 Å². The minimum Gasteiger partial charge on any atom is -0.481 e. The molecule has 0 bridgehead atoms. The Hall–Kier alpha value is -1.87. The number of hydrogen-bond donors (Lipinski definition) is 1. The Labute approximate surface area is 116 Å². The van der Waals surface area contributed by atoms with Gasteiger partial charge in [0.1, 0.15) is 5.92 Å². The number of aliphatic carboxylic acids is 1. The van der Waals surface area contributed by atoms with E-state index in [2.05, 4.69) is 4.98 Å². The molecular formula is C15H14ClNO2. The molecule has 1 atom stereocenters. The molecule has 98 valence electrons. The summed E-state index contributed by atoms with van der Waals surface area (Å²) in [6.45, 7) is 1.92. The van der Waals surface area contributed by atoms with E-state index in [9.17, 15) is 9.90 Å². The third kappa shape index (κ3) is 3.32. The third-order valence-corrected chi connectivity index (χ3v) is 3.34. The van der Waals surface area contributed by atoms with Crippen LogP contribution in [0.1, 0.15) is 22.7 Å². The number of carbonyl (C=O) groups is 1. The number of carboxylic acid groups (broad SMARTS) is 1. The van der Waals surface area contributed by atoms with Crippen molar-refractivity contribution < 1.29 is 9.90 Å². The van der Waals surface area contributed by atoms with Crippen LogP contribution >= 0.6 is 11.6 Å². The van der Waals surface area contributed by atoms with Gasteiger partial charge in [0.15, 0.2) is 0 Å². The van der Waals surface area contributed by atoms with Gasteiger partial charge in [0, 0.05) is 11.2 Å². The molecule has 1 N–H and O–H groups in total. The van der Waals surface area contributed by atoms with E-state index in [-0.39, 0.29) is 0 Å². The molecule has 0 fully saturated rings. The van der Waals surface area contributed by atoms with Crippen LogP contribution in [0.5, 0.6) is 0 Å². The number of benzene rings is 1. The average molecular weight is 276 g/mol. The van der Waals surface area contributed by atoms with Gasteiger partial charge >= 0.3 is 5.97 Å². The summed E-state index contributed by atoms with van der Waals surface area (Å²) in [6, 6.07) is 10.9. The van der Waals surface area contributed by atoms with Crippen LogP contribution in [0, 0.1) is 6.92 Å². The molecule has 0 saturated heterocycles. The first-order valence-electron chi connectivity index (χ1n) is 5.96. The summed E-state index contributed by atoms with van der Waals surface area (Å²) in [7, 11) is 0. The number of halogens is 1. The fraction of sp³-hybridized carbons (Fsp3) is 0.200. The first-order chi connectivity index (χ1) is 9.08. The predicted molar refractivity (Wildman–Crippen MR) is 74.5 cm³/mol. The molecule has 1 aromatic carbocycles. The van der Waals surface area contributed by atoms with Gasteiger partial charge in [-0.25, -0.2) is 0 Å². The lowest BCUT2D eigenvalue weighted by Gasteiger charge is -2.13. The van der Waals surface area contributed by atoms with E-state index in [1.807, 2.05) is 31.2 Å². The lowest BCUT2D eigenvalue weighted by molar-refractivity contribution is -0.138. The van der Waals surface area contributed by atoms with E-state index < -0.39 is 11.9 Å². The Morgan fingerprint density at radius 2 is 2.11 bits per heavy atom. The molecule has 2 rings (SSSR count). The van der Waals surface area contributed by atoms with Crippen molar-refractivity contribution >= 4 is 17.6 Å². The standard InChI is InChI=1S/C15H14ClNO2/c1-10-6-7-17-14(8-10)12(15(18)19)9-11-4-2-3-5-13(11)16/h2-8,12H,9H2,1H3,(H,18,19). The van der Waals surface area contributed by atoms with Crippen molar-refractivity contribution in [1.29, 1.82) is 0 Å². The largest absolute Gasteiger partial charge is 0.481 e. The number of carboxylic acids is 1. The van der Waals surface area contributed by atoms with Crippen LogP contribution < -0.4 is 0 Å². The van der Waals surface area contributed by atoms with Crippen molar-refractivity contribution in [2.45, 2.75) is 19.3 Å². The van der Waals surface area contributed by atoms with Gasteiger partial charge in [-0.1, -0.05) is 29.8 Å². The molecule has 1 unspecified atom stereocenters. The summed E-state index contributed by atoms with van der Waals surface area (Å²) in [4.78, 5) is 15.6. The van der Waals surface area contributed by atoms with Crippen LogP contribution in [-0.2, 0) is 11.2 Å². The molecule has 0 aliphatic heterocycles. The molecule has 0 saturated carbocycles. The Morgan fingerprint density at radius 3 is 2.74 bits per heavy atom. The van der Waals surface area contributed by atoms with Gasteiger partial charge in [0.05, 0.1) is 5.69 Å². The molecule has 1 heterocycles. The van der Waals surface area contributed by atoms with Crippen LogP contribution in [0.15, 0.2) is 42.6 Å². The Morgan fingerprint density at radius 1 is 1.37 bits per heavy atom. The summed E-state index contributed by atoms with van der Waals surface area (Å²) in [5, 5.41) is 9.97. The van der Waals surface area contributed by atoms with E-state index in [0.717, 1.165) is 11.1 Å². The topological polar surface area (TPSA) is 50.2 Å². The predicted octanol–water partition coefficient (Wildman–Crippen LogP) is 3.45. The second-order valence-corrected chi connectivity index (χ2v) is 4.85. The molecule has 0 aliphatic rings. The monoisotopic (exact) mass is 275 g/mol. The highest BCUT2D eigenvalue weighted by Gasteiger charge is 2.22. The zero-order valence-electron chi connectivity index (χ0n) is 10.5. The number of aromatic nitrogens is 1. The van der Waals surface area contributed by atoms with Crippen LogP contribution in [0.25, 0.3) is 0 Å². The molecule has 1 aromatic heterocycles. The number of hydrogen-bond acceptors (Lipinski definition) is 2. The quantitative estimate of drug-likeness (QED) is 0.930. The second-order valence-electron chi connectivity index (χ2n) is 4.44. The third-order valence-electron chi connectivity index (χ3n) is 2.97. The Balaban J connectivity index is 2.32. The first kappa shape index (κ1) is 13.6. The lowest BCUT2D eigenvalue weighted by atomic mass is 9.95.